The normalized spacial score (nSPS) is 20.8. The summed E-state index contributed by atoms with van der Waals surface area (Å²) in [5.74, 6) is -0.153. The van der Waals surface area contributed by atoms with Crippen molar-refractivity contribution in [2.75, 3.05) is 26.2 Å². The summed E-state index contributed by atoms with van der Waals surface area (Å²) in [5.41, 5.74) is 0. The molecule has 0 bridgehead atoms. The molecule has 1 aliphatic rings. The molecule has 0 aromatic rings. The van der Waals surface area contributed by atoms with Crippen molar-refractivity contribution in [3.63, 3.8) is 0 Å². The van der Waals surface area contributed by atoms with E-state index < -0.39 is 0 Å². The molecule has 1 heterocycles. The molecule has 1 aliphatic heterocycles. The molecule has 1 fully saturated rings. The molecule has 0 saturated carbocycles. The van der Waals surface area contributed by atoms with Crippen LogP contribution in [0, 0.1) is 0 Å². The van der Waals surface area contributed by atoms with Crippen molar-refractivity contribution >= 4 is 30.8 Å². The van der Waals surface area contributed by atoms with Gasteiger partial charge in [-0.25, -0.2) is 0 Å². The highest BCUT2D eigenvalue weighted by Crippen LogP contribution is 1.90. The lowest BCUT2D eigenvalue weighted by atomic mass is 10.2. The van der Waals surface area contributed by atoms with E-state index in [1.807, 2.05) is 6.92 Å². The molecule has 0 aromatic heterocycles. The van der Waals surface area contributed by atoms with Gasteiger partial charge in [0.25, 0.3) is 0 Å². The summed E-state index contributed by atoms with van der Waals surface area (Å²) in [7, 11) is 0. The van der Waals surface area contributed by atoms with Crippen molar-refractivity contribution < 1.29 is 9.53 Å². The quantitative estimate of drug-likeness (QED) is 0.654. The zero-order valence-electron chi connectivity index (χ0n) is 7.54. The second-order valence-electron chi connectivity index (χ2n) is 2.46. The van der Waals surface area contributed by atoms with Gasteiger partial charge < -0.3 is 15.4 Å². The number of hydrogen-bond donors (Lipinski definition) is 2. The first-order chi connectivity index (χ1) is 5.34. The predicted octanol–water partition coefficient (Wildman–Crippen LogP) is -0.0455. The van der Waals surface area contributed by atoms with Gasteiger partial charge in [-0.1, -0.05) is 0 Å². The van der Waals surface area contributed by atoms with E-state index >= 15 is 0 Å². The predicted molar refractivity (Wildman–Crippen MR) is 55.8 cm³/mol. The number of piperazine rings is 1. The fourth-order valence-electron chi connectivity index (χ4n) is 1.06. The Hall–Kier alpha value is -0.0300. The number of halogens is 2. The summed E-state index contributed by atoms with van der Waals surface area (Å²) in [6.45, 7) is 4.71. The average Bonchev–Trinajstić information content (AvgIpc) is 2.07. The summed E-state index contributed by atoms with van der Waals surface area (Å²) in [6.07, 6.45) is 0. The van der Waals surface area contributed by atoms with Crippen molar-refractivity contribution in [3.05, 3.63) is 0 Å². The molecule has 0 unspecified atom stereocenters. The number of nitrogens with one attached hydrogen (secondary N) is 2. The highest BCUT2D eigenvalue weighted by atomic mass is 35.5. The smallest absolute Gasteiger partial charge is 0.324 e. The van der Waals surface area contributed by atoms with E-state index in [0.29, 0.717) is 13.2 Å². The van der Waals surface area contributed by atoms with Crippen LogP contribution in [0.3, 0.4) is 0 Å². The first kappa shape index (κ1) is 15.4. The Morgan fingerprint density at radius 2 is 2.15 bits per heavy atom. The van der Waals surface area contributed by atoms with Crippen LogP contribution < -0.4 is 10.6 Å². The maximum atomic E-state index is 11.1. The van der Waals surface area contributed by atoms with Crippen molar-refractivity contribution in [3.8, 4) is 0 Å². The Kier molecular flexibility index (Phi) is 10.2. The molecule has 1 atom stereocenters. The van der Waals surface area contributed by atoms with Gasteiger partial charge in [0.2, 0.25) is 0 Å². The topological polar surface area (TPSA) is 50.4 Å². The molecular weight excluding hydrogens is 215 g/mol. The number of rotatable bonds is 2. The maximum Gasteiger partial charge on any atom is 0.324 e. The van der Waals surface area contributed by atoms with Gasteiger partial charge in [0, 0.05) is 19.6 Å². The fourth-order valence-corrected chi connectivity index (χ4v) is 1.06. The Bertz CT molecular complexity index is 140. The lowest BCUT2D eigenvalue weighted by Crippen LogP contribution is -2.52. The molecule has 0 radical (unpaired) electrons. The first-order valence-corrected chi connectivity index (χ1v) is 3.95. The Morgan fingerprint density at radius 1 is 1.46 bits per heavy atom. The maximum absolute atomic E-state index is 11.1. The molecule has 1 saturated heterocycles. The lowest BCUT2D eigenvalue weighted by molar-refractivity contribution is -0.145. The first-order valence-electron chi connectivity index (χ1n) is 3.95. The average molecular weight is 231 g/mol. The molecule has 4 nitrogen and oxygen atoms in total. The highest BCUT2D eigenvalue weighted by Gasteiger charge is 2.20. The lowest BCUT2D eigenvalue weighted by Gasteiger charge is -2.22. The zero-order valence-corrected chi connectivity index (χ0v) is 9.17. The minimum Gasteiger partial charge on any atom is -0.465 e. The monoisotopic (exact) mass is 230 g/mol. The van der Waals surface area contributed by atoms with Crippen LogP contribution in [0.25, 0.3) is 0 Å². The third-order valence-corrected chi connectivity index (χ3v) is 1.61. The van der Waals surface area contributed by atoms with Crippen LogP contribution in [-0.2, 0) is 9.53 Å². The van der Waals surface area contributed by atoms with Crippen LogP contribution in [0.2, 0.25) is 0 Å². The van der Waals surface area contributed by atoms with Crippen molar-refractivity contribution in [1.82, 2.24) is 10.6 Å². The molecule has 0 aliphatic carbocycles. The van der Waals surface area contributed by atoms with Gasteiger partial charge in [-0.3, -0.25) is 4.79 Å². The SMILES string of the molecule is CCOC(=O)[C@H]1CNCCN1.Cl.Cl. The molecule has 1 rings (SSSR count). The molecule has 6 heteroatoms. The van der Waals surface area contributed by atoms with Gasteiger partial charge in [0.05, 0.1) is 6.61 Å². The van der Waals surface area contributed by atoms with E-state index in [4.69, 9.17) is 4.74 Å². The van der Waals surface area contributed by atoms with E-state index in [1.165, 1.54) is 0 Å². The van der Waals surface area contributed by atoms with Crippen molar-refractivity contribution in [2.45, 2.75) is 13.0 Å². The van der Waals surface area contributed by atoms with Gasteiger partial charge >= 0.3 is 5.97 Å². The van der Waals surface area contributed by atoms with Crippen LogP contribution >= 0.6 is 24.8 Å². The number of ether oxygens (including phenoxy) is 1. The minimum absolute atomic E-state index is 0. The molecule has 0 spiro atoms. The molecule has 0 amide bonds. The fraction of sp³-hybridized carbons (Fsp3) is 0.857. The van der Waals surface area contributed by atoms with E-state index in [-0.39, 0.29) is 36.8 Å². The molecular formula is C7H16Cl2N2O2. The number of carbonyl (C=O) groups excluding carboxylic acids is 1. The number of carbonyl (C=O) groups is 1. The highest BCUT2D eigenvalue weighted by molar-refractivity contribution is 5.85. The second-order valence-corrected chi connectivity index (χ2v) is 2.46. The van der Waals surface area contributed by atoms with Crippen LogP contribution in [0.1, 0.15) is 6.92 Å². The summed E-state index contributed by atoms with van der Waals surface area (Å²) < 4.78 is 4.84. The van der Waals surface area contributed by atoms with Crippen LogP contribution in [0.15, 0.2) is 0 Å². The summed E-state index contributed by atoms with van der Waals surface area (Å²) in [4.78, 5) is 11.1. The zero-order chi connectivity index (χ0) is 8.10. The Labute approximate surface area is 90.6 Å². The second kappa shape index (κ2) is 8.56. The van der Waals surface area contributed by atoms with Gasteiger partial charge in [-0.15, -0.1) is 24.8 Å². The third kappa shape index (κ3) is 5.31. The summed E-state index contributed by atoms with van der Waals surface area (Å²) >= 11 is 0. The van der Waals surface area contributed by atoms with E-state index in [2.05, 4.69) is 10.6 Å². The van der Waals surface area contributed by atoms with Crippen molar-refractivity contribution in [1.29, 1.82) is 0 Å². The summed E-state index contributed by atoms with van der Waals surface area (Å²) in [5, 5.41) is 6.18. The molecule has 80 valence electrons. The van der Waals surface area contributed by atoms with Gasteiger partial charge in [0.1, 0.15) is 6.04 Å². The van der Waals surface area contributed by atoms with Crippen molar-refractivity contribution in [2.24, 2.45) is 0 Å². The van der Waals surface area contributed by atoms with Crippen LogP contribution in [0.4, 0.5) is 0 Å². The number of esters is 1. The Morgan fingerprint density at radius 3 is 2.62 bits per heavy atom. The Balaban J connectivity index is 0. The van der Waals surface area contributed by atoms with Gasteiger partial charge in [-0.05, 0) is 6.92 Å². The molecule has 13 heavy (non-hydrogen) atoms. The number of hydrogen-bond acceptors (Lipinski definition) is 4. The standard InChI is InChI=1S/C7H14N2O2.2ClH/c1-2-11-7(10)6-5-8-3-4-9-6;;/h6,8-9H,2-5H2,1H3;2*1H/t6-;;/m1../s1. The minimum atomic E-state index is -0.153. The molecule has 0 aromatic carbocycles. The van der Waals surface area contributed by atoms with Crippen LogP contribution in [-0.4, -0.2) is 38.3 Å². The van der Waals surface area contributed by atoms with E-state index in [9.17, 15) is 4.79 Å². The van der Waals surface area contributed by atoms with Crippen LogP contribution in [0.5, 0.6) is 0 Å². The van der Waals surface area contributed by atoms with E-state index in [0.717, 1.165) is 13.1 Å². The molecule has 2 N–H and O–H groups in total. The van der Waals surface area contributed by atoms with Gasteiger partial charge in [-0.2, -0.15) is 0 Å². The summed E-state index contributed by atoms with van der Waals surface area (Å²) in [6, 6.07) is -0.149. The van der Waals surface area contributed by atoms with Gasteiger partial charge in [0.15, 0.2) is 0 Å². The largest absolute Gasteiger partial charge is 0.465 e. The van der Waals surface area contributed by atoms with E-state index in [1.54, 1.807) is 0 Å². The third-order valence-electron chi connectivity index (χ3n) is 1.61.